The first-order valence-corrected chi connectivity index (χ1v) is 6.69. The molecule has 0 saturated carbocycles. The summed E-state index contributed by atoms with van der Waals surface area (Å²) in [6.45, 7) is 5.79. The Morgan fingerprint density at radius 3 is 2.56 bits per heavy atom. The standard InChI is InChI=1S/C13H20O5/c1-6-4-10-12(8(3)15-6)18-13-11(17-10)5-9(14)7(2)16-13/h6-8,10-13H,4-5H2,1-3H3. The van der Waals surface area contributed by atoms with Crippen molar-refractivity contribution in [2.45, 2.75) is 76.5 Å². The molecule has 3 aliphatic heterocycles. The van der Waals surface area contributed by atoms with Gasteiger partial charge in [-0.3, -0.25) is 4.79 Å². The van der Waals surface area contributed by atoms with Gasteiger partial charge < -0.3 is 18.9 Å². The number of carbonyl (C=O) groups is 1. The lowest BCUT2D eigenvalue weighted by Crippen LogP contribution is -2.61. The lowest BCUT2D eigenvalue weighted by Gasteiger charge is -2.49. The summed E-state index contributed by atoms with van der Waals surface area (Å²) in [4.78, 5) is 11.7. The summed E-state index contributed by atoms with van der Waals surface area (Å²) < 4.78 is 23.3. The molecule has 5 heteroatoms. The molecule has 18 heavy (non-hydrogen) atoms. The minimum atomic E-state index is -0.432. The Morgan fingerprint density at radius 2 is 1.78 bits per heavy atom. The fourth-order valence-electron chi connectivity index (χ4n) is 3.03. The summed E-state index contributed by atoms with van der Waals surface area (Å²) >= 11 is 0. The number of hydrogen-bond acceptors (Lipinski definition) is 5. The van der Waals surface area contributed by atoms with Crippen LogP contribution in [0.3, 0.4) is 0 Å². The van der Waals surface area contributed by atoms with Crippen LogP contribution in [0.4, 0.5) is 0 Å². The fourth-order valence-corrected chi connectivity index (χ4v) is 3.03. The van der Waals surface area contributed by atoms with Gasteiger partial charge in [-0.05, 0) is 20.8 Å². The molecule has 0 radical (unpaired) electrons. The number of ether oxygens (including phenoxy) is 4. The smallest absolute Gasteiger partial charge is 0.185 e. The van der Waals surface area contributed by atoms with Crippen LogP contribution < -0.4 is 0 Å². The van der Waals surface area contributed by atoms with Crippen molar-refractivity contribution < 1.29 is 23.7 Å². The van der Waals surface area contributed by atoms with Gasteiger partial charge in [0, 0.05) is 12.8 Å². The molecular formula is C13H20O5. The molecule has 102 valence electrons. The van der Waals surface area contributed by atoms with E-state index in [-0.39, 0.29) is 36.3 Å². The first-order chi connectivity index (χ1) is 8.54. The van der Waals surface area contributed by atoms with Crippen molar-refractivity contribution in [1.82, 2.24) is 0 Å². The van der Waals surface area contributed by atoms with Crippen molar-refractivity contribution in [2.24, 2.45) is 0 Å². The van der Waals surface area contributed by atoms with Gasteiger partial charge in [0.2, 0.25) is 0 Å². The fraction of sp³-hybridized carbons (Fsp3) is 0.923. The second-order valence-corrected chi connectivity index (χ2v) is 5.52. The van der Waals surface area contributed by atoms with Gasteiger partial charge in [-0.1, -0.05) is 0 Å². The predicted octanol–water partition coefficient (Wildman–Crippen LogP) is 1.04. The van der Waals surface area contributed by atoms with E-state index in [1.165, 1.54) is 0 Å². The van der Waals surface area contributed by atoms with Crippen molar-refractivity contribution >= 4 is 5.78 Å². The van der Waals surface area contributed by atoms with E-state index >= 15 is 0 Å². The van der Waals surface area contributed by atoms with Crippen LogP contribution in [0.5, 0.6) is 0 Å². The third-order valence-electron chi connectivity index (χ3n) is 3.98. The minimum absolute atomic E-state index is 0.00349. The number of fused-ring (bicyclic) bond motifs is 2. The zero-order chi connectivity index (χ0) is 12.9. The van der Waals surface area contributed by atoms with Crippen LogP contribution in [0.25, 0.3) is 0 Å². The number of ketones is 1. The molecule has 7 atom stereocenters. The van der Waals surface area contributed by atoms with Gasteiger partial charge in [-0.15, -0.1) is 0 Å². The molecule has 3 rings (SSSR count). The molecule has 0 aromatic rings. The molecule has 3 saturated heterocycles. The topological polar surface area (TPSA) is 54.0 Å². The van der Waals surface area contributed by atoms with E-state index in [1.807, 2.05) is 13.8 Å². The van der Waals surface area contributed by atoms with Crippen LogP contribution >= 0.6 is 0 Å². The van der Waals surface area contributed by atoms with Gasteiger partial charge in [0.15, 0.2) is 12.1 Å². The Bertz CT molecular complexity index is 344. The van der Waals surface area contributed by atoms with E-state index in [2.05, 4.69) is 0 Å². The lowest BCUT2D eigenvalue weighted by molar-refractivity contribution is -0.346. The first kappa shape index (κ1) is 12.5. The lowest BCUT2D eigenvalue weighted by atomic mass is 9.95. The molecule has 3 heterocycles. The summed E-state index contributed by atoms with van der Waals surface area (Å²) in [6.07, 6.45) is 0.186. The quantitative estimate of drug-likeness (QED) is 0.648. The van der Waals surface area contributed by atoms with Crippen molar-refractivity contribution in [3.8, 4) is 0 Å². The Kier molecular flexibility index (Phi) is 3.18. The van der Waals surface area contributed by atoms with Crippen molar-refractivity contribution in [2.75, 3.05) is 0 Å². The van der Waals surface area contributed by atoms with Crippen LogP contribution in [0.2, 0.25) is 0 Å². The summed E-state index contributed by atoms with van der Waals surface area (Å²) in [5.41, 5.74) is 0. The molecule has 0 N–H and O–H groups in total. The van der Waals surface area contributed by atoms with E-state index in [9.17, 15) is 4.79 Å². The van der Waals surface area contributed by atoms with Gasteiger partial charge >= 0.3 is 0 Å². The van der Waals surface area contributed by atoms with Gasteiger partial charge in [0.05, 0.1) is 18.3 Å². The Balaban J connectivity index is 1.74. The zero-order valence-electron chi connectivity index (χ0n) is 11.0. The monoisotopic (exact) mass is 256 g/mol. The zero-order valence-corrected chi connectivity index (χ0v) is 11.0. The number of hydrogen-bond donors (Lipinski definition) is 0. The van der Waals surface area contributed by atoms with Gasteiger partial charge in [-0.2, -0.15) is 0 Å². The minimum Gasteiger partial charge on any atom is -0.373 e. The normalized spacial score (nSPS) is 52.6. The SMILES string of the molecule is CC1CC2OC3CC(=O)C(C)OC3OC2C(C)O1. The highest BCUT2D eigenvalue weighted by molar-refractivity contribution is 5.83. The maximum Gasteiger partial charge on any atom is 0.185 e. The van der Waals surface area contributed by atoms with Crippen LogP contribution in [-0.2, 0) is 23.7 Å². The molecule has 3 fully saturated rings. The van der Waals surface area contributed by atoms with Crippen LogP contribution in [-0.4, -0.2) is 48.7 Å². The highest BCUT2D eigenvalue weighted by Crippen LogP contribution is 2.35. The van der Waals surface area contributed by atoms with Crippen LogP contribution in [0, 0.1) is 0 Å². The average Bonchev–Trinajstić information content (AvgIpc) is 2.29. The molecule has 5 nitrogen and oxygen atoms in total. The molecule has 0 aromatic carbocycles. The highest BCUT2D eigenvalue weighted by atomic mass is 16.7. The number of carbonyl (C=O) groups excluding carboxylic acids is 1. The Labute approximate surface area is 107 Å². The molecule has 3 aliphatic rings. The molecule has 0 spiro atoms. The molecule has 0 aliphatic carbocycles. The van der Waals surface area contributed by atoms with Gasteiger partial charge in [0.1, 0.15) is 18.3 Å². The third-order valence-corrected chi connectivity index (χ3v) is 3.98. The largest absolute Gasteiger partial charge is 0.373 e. The van der Waals surface area contributed by atoms with Crippen molar-refractivity contribution in [3.05, 3.63) is 0 Å². The first-order valence-electron chi connectivity index (χ1n) is 6.69. The van der Waals surface area contributed by atoms with Crippen LogP contribution in [0.1, 0.15) is 33.6 Å². The molecule has 0 amide bonds. The van der Waals surface area contributed by atoms with E-state index in [0.717, 1.165) is 6.42 Å². The summed E-state index contributed by atoms with van der Waals surface area (Å²) in [7, 11) is 0. The average molecular weight is 256 g/mol. The molecular weight excluding hydrogens is 236 g/mol. The van der Waals surface area contributed by atoms with E-state index < -0.39 is 12.4 Å². The molecule has 0 bridgehead atoms. The maximum atomic E-state index is 11.7. The molecule has 7 unspecified atom stereocenters. The third kappa shape index (κ3) is 2.09. The number of rotatable bonds is 0. The van der Waals surface area contributed by atoms with Gasteiger partial charge in [-0.25, -0.2) is 0 Å². The second kappa shape index (κ2) is 4.56. The maximum absolute atomic E-state index is 11.7. The van der Waals surface area contributed by atoms with Crippen LogP contribution in [0.15, 0.2) is 0 Å². The predicted molar refractivity (Wildman–Crippen MR) is 62.1 cm³/mol. The Morgan fingerprint density at radius 1 is 1.00 bits per heavy atom. The Hall–Kier alpha value is -0.490. The second-order valence-electron chi connectivity index (χ2n) is 5.52. The van der Waals surface area contributed by atoms with E-state index in [1.54, 1.807) is 6.92 Å². The summed E-state index contributed by atoms with van der Waals surface area (Å²) in [6, 6.07) is 0. The van der Waals surface area contributed by atoms with E-state index in [4.69, 9.17) is 18.9 Å². The molecule has 0 aromatic heterocycles. The van der Waals surface area contributed by atoms with Crippen molar-refractivity contribution in [3.63, 3.8) is 0 Å². The number of Topliss-reactive ketones (excluding diaryl/α,β-unsaturated/α-hetero) is 1. The summed E-state index contributed by atoms with van der Waals surface area (Å²) in [5, 5.41) is 0. The van der Waals surface area contributed by atoms with E-state index in [0.29, 0.717) is 6.42 Å². The van der Waals surface area contributed by atoms with Gasteiger partial charge in [0.25, 0.3) is 0 Å². The summed E-state index contributed by atoms with van der Waals surface area (Å²) in [5.74, 6) is 0.0893. The van der Waals surface area contributed by atoms with Crippen molar-refractivity contribution in [1.29, 1.82) is 0 Å². The highest BCUT2D eigenvalue weighted by Gasteiger charge is 2.48.